The molecule has 0 saturated heterocycles. The molecule has 0 bridgehead atoms. The number of hydrogen-bond donors (Lipinski definition) is 0. The molecule has 0 atom stereocenters. The first-order valence-electron chi connectivity index (χ1n) is 6.87. The number of aryl methyl sites for hydroxylation is 1. The van der Waals surface area contributed by atoms with Gasteiger partial charge in [0.05, 0.1) is 15.1 Å². The Hall–Kier alpha value is -2.86. The molecule has 0 aliphatic rings. The highest BCUT2D eigenvalue weighted by Gasteiger charge is 2.11. The number of nitro groups is 1. The molecule has 5 nitrogen and oxygen atoms in total. The number of nitrogens with zero attached hydrogens (tertiary/aromatic N) is 2. The standard InChI is InChI=1S/C17H12N2O3S/c1-11-6-7-12(10-14(11)19(21)22)8-9-15(20)17-18-13-4-2-3-5-16(13)23-17/h2-10H,1H3/b9-8+. The summed E-state index contributed by atoms with van der Waals surface area (Å²) in [6.45, 7) is 1.68. The van der Waals surface area contributed by atoms with E-state index in [4.69, 9.17) is 0 Å². The Morgan fingerprint density at radius 1 is 1.26 bits per heavy atom. The molecule has 6 heteroatoms. The molecule has 3 rings (SSSR count). The summed E-state index contributed by atoms with van der Waals surface area (Å²) in [5, 5.41) is 11.3. The predicted octanol–water partition coefficient (Wildman–Crippen LogP) is 4.41. The van der Waals surface area contributed by atoms with Gasteiger partial charge in [0, 0.05) is 11.6 Å². The summed E-state index contributed by atoms with van der Waals surface area (Å²) in [7, 11) is 0. The molecular weight excluding hydrogens is 312 g/mol. The van der Waals surface area contributed by atoms with Gasteiger partial charge in [-0.2, -0.15) is 0 Å². The number of benzene rings is 2. The molecule has 1 aromatic heterocycles. The molecule has 0 amide bonds. The summed E-state index contributed by atoms with van der Waals surface area (Å²) in [6.07, 6.45) is 2.97. The number of allylic oxidation sites excluding steroid dienone is 1. The van der Waals surface area contributed by atoms with E-state index < -0.39 is 4.92 Å². The average molecular weight is 324 g/mol. The van der Waals surface area contributed by atoms with Crippen molar-refractivity contribution in [3.05, 3.63) is 74.8 Å². The van der Waals surface area contributed by atoms with Crippen molar-refractivity contribution in [2.24, 2.45) is 0 Å². The van der Waals surface area contributed by atoms with Gasteiger partial charge in [0.25, 0.3) is 5.69 Å². The lowest BCUT2D eigenvalue weighted by molar-refractivity contribution is -0.385. The van der Waals surface area contributed by atoms with Crippen LogP contribution in [0.4, 0.5) is 5.69 Å². The van der Waals surface area contributed by atoms with Gasteiger partial charge >= 0.3 is 0 Å². The number of nitro benzene ring substituents is 1. The fourth-order valence-corrected chi connectivity index (χ4v) is 3.03. The quantitative estimate of drug-likeness (QED) is 0.308. The Labute approximate surface area is 136 Å². The first-order valence-corrected chi connectivity index (χ1v) is 7.69. The number of ketones is 1. The fourth-order valence-electron chi connectivity index (χ4n) is 2.15. The minimum Gasteiger partial charge on any atom is -0.287 e. The number of thiazole rings is 1. The first-order chi connectivity index (χ1) is 11.0. The molecule has 0 N–H and O–H groups in total. The van der Waals surface area contributed by atoms with Crippen molar-refractivity contribution in [2.75, 3.05) is 0 Å². The fraction of sp³-hybridized carbons (Fsp3) is 0.0588. The monoisotopic (exact) mass is 324 g/mol. The molecule has 0 aliphatic carbocycles. The third-order valence-corrected chi connectivity index (χ3v) is 4.41. The molecule has 1 heterocycles. The molecule has 0 radical (unpaired) electrons. The van der Waals surface area contributed by atoms with Crippen LogP contribution in [0.3, 0.4) is 0 Å². The van der Waals surface area contributed by atoms with Gasteiger partial charge in [-0.05, 0) is 30.7 Å². The van der Waals surface area contributed by atoms with Crippen molar-refractivity contribution in [2.45, 2.75) is 6.92 Å². The van der Waals surface area contributed by atoms with Crippen LogP contribution >= 0.6 is 11.3 Å². The van der Waals surface area contributed by atoms with Crippen molar-refractivity contribution in [1.29, 1.82) is 0 Å². The Morgan fingerprint density at radius 2 is 2.04 bits per heavy atom. The van der Waals surface area contributed by atoms with E-state index in [1.54, 1.807) is 25.1 Å². The SMILES string of the molecule is Cc1ccc(/C=C/C(=O)c2nc3ccccc3s2)cc1[N+](=O)[O-]. The average Bonchev–Trinajstić information content (AvgIpc) is 2.97. The van der Waals surface area contributed by atoms with E-state index in [0.29, 0.717) is 16.1 Å². The summed E-state index contributed by atoms with van der Waals surface area (Å²) in [4.78, 5) is 27.0. The van der Waals surface area contributed by atoms with E-state index in [9.17, 15) is 14.9 Å². The van der Waals surface area contributed by atoms with Gasteiger partial charge < -0.3 is 0 Å². The van der Waals surface area contributed by atoms with Gasteiger partial charge in [0.15, 0.2) is 5.01 Å². The number of carbonyl (C=O) groups excluding carboxylic acids is 1. The lowest BCUT2D eigenvalue weighted by Gasteiger charge is -1.98. The normalized spacial score (nSPS) is 11.2. The maximum absolute atomic E-state index is 12.2. The lowest BCUT2D eigenvalue weighted by Crippen LogP contribution is -1.93. The molecule has 0 unspecified atom stereocenters. The Bertz CT molecular complexity index is 911. The summed E-state index contributed by atoms with van der Waals surface area (Å²) in [5.41, 5.74) is 2.03. The van der Waals surface area contributed by atoms with Crippen molar-refractivity contribution in [3.63, 3.8) is 0 Å². The second kappa shape index (κ2) is 6.10. The van der Waals surface area contributed by atoms with Crippen molar-refractivity contribution in [1.82, 2.24) is 4.98 Å². The molecule has 2 aromatic carbocycles. The Morgan fingerprint density at radius 3 is 2.78 bits per heavy atom. The molecule has 0 spiro atoms. The van der Waals surface area contributed by atoms with Gasteiger partial charge in [-0.25, -0.2) is 4.98 Å². The van der Waals surface area contributed by atoms with Crippen LogP contribution in [0, 0.1) is 17.0 Å². The highest BCUT2D eigenvalue weighted by Crippen LogP contribution is 2.23. The molecule has 114 valence electrons. The molecule has 0 aliphatic heterocycles. The van der Waals surface area contributed by atoms with Gasteiger partial charge in [-0.15, -0.1) is 11.3 Å². The van der Waals surface area contributed by atoms with Crippen LogP contribution in [0.1, 0.15) is 20.9 Å². The second-order valence-corrected chi connectivity index (χ2v) is 6.02. The number of rotatable bonds is 4. The van der Waals surface area contributed by atoms with Gasteiger partial charge in [-0.1, -0.05) is 30.3 Å². The minimum absolute atomic E-state index is 0.0413. The van der Waals surface area contributed by atoms with Crippen LogP contribution in [0.15, 0.2) is 48.5 Å². The van der Waals surface area contributed by atoms with E-state index in [1.165, 1.54) is 23.5 Å². The Kier molecular flexibility index (Phi) is 3.99. The van der Waals surface area contributed by atoms with Crippen molar-refractivity contribution < 1.29 is 9.72 Å². The lowest BCUT2D eigenvalue weighted by atomic mass is 10.1. The molecule has 23 heavy (non-hydrogen) atoms. The van der Waals surface area contributed by atoms with Crippen LogP contribution < -0.4 is 0 Å². The van der Waals surface area contributed by atoms with Crippen LogP contribution in [0.5, 0.6) is 0 Å². The van der Waals surface area contributed by atoms with Gasteiger partial charge in [0.1, 0.15) is 0 Å². The first kappa shape index (κ1) is 15.1. The predicted molar refractivity (Wildman–Crippen MR) is 90.8 cm³/mol. The van der Waals surface area contributed by atoms with Crippen molar-refractivity contribution >= 4 is 39.1 Å². The minimum atomic E-state index is -0.429. The van der Waals surface area contributed by atoms with Gasteiger partial charge in [-0.3, -0.25) is 14.9 Å². The smallest absolute Gasteiger partial charge is 0.272 e. The second-order valence-electron chi connectivity index (χ2n) is 4.99. The molecule has 3 aromatic rings. The topological polar surface area (TPSA) is 73.1 Å². The number of carbonyl (C=O) groups is 1. The van der Waals surface area contributed by atoms with E-state index in [0.717, 1.165) is 10.2 Å². The molecule has 0 fully saturated rings. The number of aromatic nitrogens is 1. The van der Waals surface area contributed by atoms with Crippen LogP contribution in [0.25, 0.3) is 16.3 Å². The number of fused-ring (bicyclic) bond motifs is 1. The van der Waals surface area contributed by atoms with E-state index in [2.05, 4.69) is 4.98 Å². The van der Waals surface area contributed by atoms with Gasteiger partial charge in [0.2, 0.25) is 5.78 Å². The maximum Gasteiger partial charge on any atom is 0.272 e. The van der Waals surface area contributed by atoms with Crippen LogP contribution in [-0.4, -0.2) is 15.7 Å². The summed E-state index contributed by atoms with van der Waals surface area (Å²) in [6, 6.07) is 12.4. The summed E-state index contributed by atoms with van der Waals surface area (Å²) in [5.74, 6) is -0.213. The van der Waals surface area contributed by atoms with Crippen LogP contribution in [0.2, 0.25) is 0 Å². The zero-order valence-electron chi connectivity index (χ0n) is 12.2. The number of para-hydroxylation sites is 1. The van der Waals surface area contributed by atoms with E-state index >= 15 is 0 Å². The zero-order valence-corrected chi connectivity index (χ0v) is 13.0. The maximum atomic E-state index is 12.2. The number of hydrogen-bond acceptors (Lipinski definition) is 5. The van der Waals surface area contributed by atoms with Crippen molar-refractivity contribution in [3.8, 4) is 0 Å². The summed E-state index contributed by atoms with van der Waals surface area (Å²) < 4.78 is 0.954. The van der Waals surface area contributed by atoms with Crippen LogP contribution in [-0.2, 0) is 0 Å². The zero-order chi connectivity index (χ0) is 16.4. The highest BCUT2D eigenvalue weighted by atomic mass is 32.1. The third-order valence-electron chi connectivity index (χ3n) is 3.36. The summed E-state index contributed by atoms with van der Waals surface area (Å²) >= 11 is 1.33. The van der Waals surface area contributed by atoms with E-state index in [1.807, 2.05) is 24.3 Å². The highest BCUT2D eigenvalue weighted by molar-refractivity contribution is 7.20. The third kappa shape index (κ3) is 3.17. The van der Waals surface area contributed by atoms with E-state index in [-0.39, 0.29) is 11.5 Å². The molecular formula is C17H12N2O3S. The molecule has 0 saturated carbocycles. The largest absolute Gasteiger partial charge is 0.287 e. The Balaban J connectivity index is 1.86.